The van der Waals surface area contributed by atoms with Gasteiger partial charge in [0.25, 0.3) is 0 Å². The maximum absolute atomic E-state index is 11.5. The van der Waals surface area contributed by atoms with Crippen LogP contribution in [-0.2, 0) is 6.42 Å². The summed E-state index contributed by atoms with van der Waals surface area (Å²) in [6, 6.07) is 6.92. The Kier molecular flexibility index (Phi) is 1.57. The van der Waals surface area contributed by atoms with Crippen molar-refractivity contribution in [2.45, 2.75) is 12.8 Å². The molecule has 0 spiro atoms. The average molecular weight is 199 g/mol. The summed E-state index contributed by atoms with van der Waals surface area (Å²) in [5, 5.41) is 0.998. The third-order valence-electron chi connectivity index (χ3n) is 2.92. The van der Waals surface area contributed by atoms with Gasteiger partial charge in [-0.05, 0) is 30.2 Å². The number of aryl methyl sites for hydroxylation is 1. The van der Waals surface area contributed by atoms with Crippen LogP contribution in [0.1, 0.15) is 22.3 Å². The number of H-pyrrole nitrogens is 1. The average Bonchev–Trinajstić information content (AvgIpc) is 2.60. The van der Waals surface area contributed by atoms with Crippen LogP contribution in [0.3, 0.4) is 0 Å². The summed E-state index contributed by atoms with van der Waals surface area (Å²) < 4.78 is 0. The fraction of sp³-hybridized carbons (Fsp3) is 0.167. The van der Waals surface area contributed by atoms with Crippen LogP contribution in [-0.4, -0.2) is 10.8 Å². The number of hydrogen-bond acceptors (Lipinski definition) is 2. The Morgan fingerprint density at radius 3 is 2.73 bits per heavy atom. The number of pyridine rings is 1. The maximum Gasteiger partial charge on any atom is 0.248 e. The monoisotopic (exact) mass is 199 g/mol. The van der Waals surface area contributed by atoms with Gasteiger partial charge in [0.15, 0.2) is 5.78 Å². The zero-order chi connectivity index (χ0) is 10.4. The smallest absolute Gasteiger partial charge is 0.248 e. The van der Waals surface area contributed by atoms with E-state index in [9.17, 15) is 9.59 Å². The van der Waals surface area contributed by atoms with E-state index in [1.165, 1.54) is 6.07 Å². The van der Waals surface area contributed by atoms with Gasteiger partial charge in [0, 0.05) is 29.0 Å². The highest BCUT2D eigenvalue weighted by molar-refractivity contribution is 6.05. The van der Waals surface area contributed by atoms with Crippen molar-refractivity contribution in [1.82, 2.24) is 4.98 Å². The van der Waals surface area contributed by atoms with Gasteiger partial charge < -0.3 is 4.98 Å². The molecule has 74 valence electrons. The van der Waals surface area contributed by atoms with Gasteiger partial charge in [0.1, 0.15) is 0 Å². The van der Waals surface area contributed by atoms with E-state index >= 15 is 0 Å². The van der Waals surface area contributed by atoms with Crippen molar-refractivity contribution < 1.29 is 4.79 Å². The van der Waals surface area contributed by atoms with Crippen molar-refractivity contribution in [3.05, 3.63) is 45.7 Å². The van der Waals surface area contributed by atoms with E-state index in [1.54, 1.807) is 12.1 Å². The fourth-order valence-electron chi connectivity index (χ4n) is 2.20. The van der Waals surface area contributed by atoms with Crippen molar-refractivity contribution in [1.29, 1.82) is 0 Å². The zero-order valence-corrected chi connectivity index (χ0v) is 8.04. The Morgan fingerprint density at radius 2 is 1.87 bits per heavy atom. The second-order valence-electron chi connectivity index (χ2n) is 3.80. The molecule has 1 heterocycles. The molecule has 0 amide bonds. The number of carbonyl (C=O) groups excluding carboxylic acids is 1. The number of benzene rings is 1. The Bertz CT molecular complexity index is 625. The van der Waals surface area contributed by atoms with Crippen molar-refractivity contribution in [3.63, 3.8) is 0 Å². The van der Waals surface area contributed by atoms with Crippen molar-refractivity contribution in [3.8, 4) is 0 Å². The van der Waals surface area contributed by atoms with Gasteiger partial charge in [-0.15, -0.1) is 0 Å². The van der Waals surface area contributed by atoms with Crippen LogP contribution in [0.25, 0.3) is 10.9 Å². The van der Waals surface area contributed by atoms with Gasteiger partial charge in [-0.3, -0.25) is 9.59 Å². The molecule has 0 atom stereocenters. The summed E-state index contributed by atoms with van der Waals surface area (Å²) in [7, 11) is 0. The molecule has 1 aromatic heterocycles. The summed E-state index contributed by atoms with van der Waals surface area (Å²) in [5.41, 5.74) is 2.60. The lowest BCUT2D eigenvalue weighted by Gasteiger charge is -2.03. The SMILES string of the molecule is O=C1CCc2c1ccc1[nH]c(=O)ccc21. The van der Waals surface area contributed by atoms with E-state index in [2.05, 4.69) is 4.98 Å². The predicted molar refractivity (Wildman–Crippen MR) is 57.2 cm³/mol. The zero-order valence-electron chi connectivity index (χ0n) is 8.04. The number of nitrogens with one attached hydrogen (secondary N) is 1. The molecule has 2 aromatic rings. The van der Waals surface area contributed by atoms with E-state index < -0.39 is 0 Å². The Morgan fingerprint density at radius 1 is 1.00 bits per heavy atom. The minimum atomic E-state index is -0.105. The van der Waals surface area contributed by atoms with Crippen LogP contribution >= 0.6 is 0 Å². The molecule has 0 unspecified atom stereocenters. The van der Waals surface area contributed by atoms with Gasteiger partial charge in [0.2, 0.25) is 5.56 Å². The van der Waals surface area contributed by atoms with Crippen LogP contribution in [0, 0.1) is 0 Å². The van der Waals surface area contributed by atoms with Crippen molar-refractivity contribution in [2.75, 3.05) is 0 Å². The molecule has 15 heavy (non-hydrogen) atoms. The first kappa shape index (κ1) is 8.41. The second kappa shape index (κ2) is 2.79. The van der Waals surface area contributed by atoms with Gasteiger partial charge in [0.05, 0.1) is 0 Å². The van der Waals surface area contributed by atoms with E-state index in [0.717, 1.165) is 28.5 Å². The van der Waals surface area contributed by atoms with Gasteiger partial charge >= 0.3 is 0 Å². The second-order valence-corrected chi connectivity index (χ2v) is 3.80. The summed E-state index contributed by atoms with van der Waals surface area (Å²) >= 11 is 0. The highest BCUT2D eigenvalue weighted by atomic mass is 16.1. The lowest BCUT2D eigenvalue weighted by Crippen LogP contribution is -2.03. The number of Topliss-reactive ketones (excluding diaryl/α,β-unsaturated/α-hetero) is 1. The number of carbonyl (C=O) groups is 1. The maximum atomic E-state index is 11.5. The minimum absolute atomic E-state index is 0.105. The Hall–Kier alpha value is -1.90. The summed E-state index contributed by atoms with van der Waals surface area (Å²) in [6.45, 7) is 0. The summed E-state index contributed by atoms with van der Waals surface area (Å²) in [4.78, 5) is 25.4. The lowest BCUT2D eigenvalue weighted by molar-refractivity contribution is 0.0994. The fourth-order valence-corrected chi connectivity index (χ4v) is 2.20. The van der Waals surface area contributed by atoms with E-state index in [4.69, 9.17) is 0 Å². The number of rotatable bonds is 0. The molecule has 3 nitrogen and oxygen atoms in total. The van der Waals surface area contributed by atoms with Gasteiger partial charge in [-0.2, -0.15) is 0 Å². The van der Waals surface area contributed by atoms with Crippen LogP contribution < -0.4 is 5.56 Å². The molecule has 1 aromatic carbocycles. The van der Waals surface area contributed by atoms with Gasteiger partial charge in [-0.25, -0.2) is 0 Å². The standard InChI is InChI=1S/C12H9NO2/c14-11-5-2-7-8-3-6-12(15)13-10(8)4-1-9(7)11/h1,3-4,6H,2,5H2,(H,13,15). The molecule has 0 saturated heterocycles. The number of ketones is 1. The third kappa shape index (κ3) is 1.13. The first-order valence-corrected chi connectivity index (χ1v) is 4.94. The van der Waals surface area contributed by atoms with Crippen LogP contribution in [0.5, 0.6) is 0 Å². The van der Waals surface area contributed by atoms with Crippen molar-refractivity contribution >= 4 is 16.7 Å². The summed E-state index contributed by atoms with van der Waals surface area (Å²) in [6.07, 6.45) is 1.38. The Labute approximate surface area is 85.7 Å². The minimum Gasteiger partial charge on any atom is -0.322 e. The highest BCUT2D eigenvalue weighted by Gasteiger charge is 2.21. The molecule has 1 aliphatic rings. The predicted octanol–water partition coefficient (Wildman–Crippen LogP) is 1.66. The van der Waals surface area contributed by atoms with Crippen LogP contribution in [0.4, 0.5) is 0 Å². The molecule has 0 bridgehead atoms. The number of aromatic nitrogens is 1. The topological polar surface area (TPSA) is 49.9 Å². The van der Waals surface area contributed by atoms with Crippen LogP contribution in [0.2, 0.25) is 0 Å². The number of hydrogen-bond donors (Lipinski definition) is 1. The molecule has 0 aliphatic heterocycles. The largest absolute Gasteiger partial charge is 0.322 e. The first-order chi connectivity index (χ1) is 7.25. The number of fused-ring (bicyclic) bond motifs is 3. The summed E-state index contributed by atoms with van der Waals surface area (Å²) in [5.74, 6) is 0.207. The molecule has 3 rings (SSSR count). The third-order valence-corrected chi connectivity index (χ3v) is 2.92. The van der Waals surface area contributed by atoms with E-state index in [0.29, 0.717) is 6.42 Å². The molecular formula is C12H9NO2. The normalized spacial score (nSPS) is 14.5. The van der Waals surface area contributed by atoms with Crippen molar-refractivity contribution in [2.24, 2.45) is 0 Å². The van der Waals surface area contributed by atoms with Crippen LogP contribution in [0.15, 0.2) is 29.1 Å². The number of aromatic amines is 1. The van der Waals surface area contributed by atoms with E-state index in [-0.39, 0.29) is 11.3 Å². The lowest BCUT2D eigenvalue weighted by atomic mass is 10.0. The van der Waals surface area contributed by atoms with E-state index in [1.807, 2.05) is 6.07 Å². The van der Waals surface area contributed by atoms with Gasteiger partial charge in [-0.1, -0.05) is 0 Å². The highest BCUT2D eigenvalue weighted by Crippen LogP contribution is 2.28. The quantitative estimate of drug-likeness (QED) is 0.701. The molecule has 1 N–H and O–H groups in total. The molecule has 0 fully saturated rings. The first-order valence-electron chi connectivity index (χ1n) is 4.94. The molecule has 3 heteroatoms. The molecular weight excluding hydrogens is 190 g/mol. The molecule has 1 aliphatic carbocycles. The Balaban J connectivity index is 2.44. The molecule has 0 saturated carbocycles. The molecule has 0 radical (unpaired) electrons.